The molecular weight excluding hydrogens is 213 g/mol. The molecule has 1 fully saturated rings. The summed E-state index contributed by atoms with van der Waals surface area (Å²) in [6.07, 6.45) is 1.62. The standard InChI is InChI=1S/C10H14NO3P/c12-15(13,10-7-4-8-11-10)14-9-5-2-1-3-6-9/h1-3,5-6,10-11H,4,7-8H2,(H,12,13). The monoisotopic (exact) mass is 227 g/mol. The highest BCUT2D eigenvalue weighted by Crippen LogP contribution is 2.49. The van der Waals surface area contributed by atoms with Gasteiger partial charge in [0, 0.05) is 0 Å². The van der Waals surface area contributed by atoms with E-state index in [4.69, 9.17) is 4.52 Å². The summed E-state index contributed by atoms with van der Waals surface area (Å²) in [5.74, 6) is 0.0229. The van der Waals surface area contributed by atoms with Crippen molar-refractivity contribution in [2.45, 2.75) is 18.6 Å². The van der Waals surface area contributed by atoms with E-state index in [0.717, 1.165) is 13.0 Å². The molecule has 0 aliphatic carbocycles. The van der Waals surface area contributed by atoms with E-state index in [2.05, 4.69) is 5.32 Å². The Morgan fingerprint density at radius 2 is 2.13 bits per heavy atom. The summed E-state index contributed by atoms with van der Waals surface area (Å²) in [6, 6.07) is 8.74. The van der Waals surface area contributed by atoms with Crippen LogP contribution in [-0.2, 0) is 4.57 Å². The molecule has 1 aliphatic rings. The summed E-state index contributed by atoms with van der Waals surface area (Å²) >= 11 is 0. The molecule has 1 heterocycles. The van der Waals surface area contributed by atoms with Crippen molar-refractivity contribution in [3.05, 3.63) is 30.3 Å². The topological polar surface area (TPSA) is 58.6 Å². The number of nitrogens with one attached hydrogen (secondary N) is 1. The highest BCUT2D eigenvalue weighted by Gasteiger charge is 2.35. The van der Waals surface area contributed by atoms with Gasteiger partial charge in [0.25, 0.3) is 0 Å². The second kappa shape index (κ2) is 4.35. The molecule has 1 aliphatic heterocycles. The Morgan fingerprint density at radius 1 is 1.40 bits per heavy atom. The molecule has 0 saturated carbocycles. The third-order valence-corrected chi connectivity index (χ3v) is 4.11. The van der Waals surface area contributed by atoms with Crippen molar-refractivity contribution in [1.29, 1.82) is 0 Å². The van der Waals surface area contributed by atoms with Gasteiger partial charge in [0.05, 0.1) is 0 Å². The van der Waals surface area contributed by atoms with Gasteiger partial charge < -0.3 is 14.7 Å². The normalized spacial score (nSPS) is 24.7. The molecule has 0 radical (unpaired) electrons. The number of para-hydroxylation sites is 1. The van der Waals surface area contributed by atoms with E-state index < -0.39 is 13.4 Å². The lowest BCUT2D eigenvalue weighted by Crippen LogP contribution is -2.23. The lowest BCUT2D eigenvalue weighted by Gasteiger charge is -2.18. The van der Waals surface area contributed by atoms with Crippen molar-refractivity contribution in [2.24, 2.45) is 0 Å². The average Bonchev–Trinajstić information content (AvgIpc) is 2.71. The fourth-order valence-electron chi connectivity index (χ4n) is 1.64. The van der Waals surface area contributed by atoms with Crippen LogP contribution < -0.4 is 9.84 Å². The number of benzene rings is 1. The van der Waals surface area contributed by atoms with Crippen LogP contribution in [0.15, 0.2) is 30.3 Å². The van der Waals surface area contributed by atoms with Gasteiger partial charge in [-0.15, -0.1) is 0 Å². The second-order valence-corrected chi connectivity index (χ2v) is 5.51. The summed E-state index contributed by atoms with van der Waals surface area (Å²) in [5.41, 5.74) is 0. The molecule has 0 spiro atoms. The Balaban J connectivity index is 2.07. The first kappa shape index (κ1) is 10.7. The van der Waals surface area contributed by atoms with Crippen LogP contribution in [0.25, 0.3) is 0 Å². The fraction of sp³-hybridized carbons (Fsp3) is 0.400. The van der Waals surface area contributed by atoms with Crippen LogP contribution in [0.4, 0.5) is 0 Å². The summed E-state index contributed by atoms with van der Waals surface area (Å²) in [4.78, 5) is 9.74. The van der Waals surface area contributed by atoms with Crippen molar-refractivity contribution in [3.63, 3.8) is 0 Å². The molecular formula is C10H14NO3P. The lowest BCUT2D eigenvalue weighted by atomic mass is 10.3. The average molecular weight is 227 g/mol. The molecule has 1 saturated heterocycles. The van der Waals surface area contributed by atoms with Gasteiger partial charge >= 0.3 is 7.60 Å². The van der Waals surface area contributed by atoms with E-state index in [0.29, 0.717) is 12.2 Å². The van der Waals surface area contributed by atoms with Gasteiger partial charge in [-0.2, -0.15) is 0 Å². The van der Waals surface area contributed by atoms with Crippen molar-refractivity contribution < 1.29 is 14.0 Å². The molecule has 2 unspecified atom stereocenters. The molecule has 0 bridgehead atoms. The second-order valence-electron chi connectivity index (χ2n) is 3.58. The smallest absolute Gasteiger partial charge is 0.393 e. The van der Waals surface area contributed by atoms with E-state index in [1.807, 2.05) is 6.07 Å². The molecule has 2 N–H and O–H groups in total. The molecule has 2 rings (SSSR count). The van der Waals surface area contributed by atoms with Crippen LogP contribution in [0.1, 0.15) is 12.8 Å². The van der Waals surface area contributed by atoms with Crippen molar-refractivity contribution in [2.75, 3.05) is 6.54 Å². The number of hydrogen-bond acceptors (Lipinski definition) is 3. The van der Waals surface area contributed by atoms with Gasteiger partial charge in [0.15, 0.2) is 0 Å². The molecule has 4 nitrogen and oxygen atoms in total. The minimum Gasteiger partial charge on any atom is -0.423 e. The molecule has 1 aromatic rings. The minimum atomic E-state index is -3.57. The van der Waals surface area contributed by atoms with Gasteiger partial charge in [-0.3, -0.25) is 0 Å². The first-order valence-electron chi connectivity index (χ1n) is 4.99. The Morgan fingerprint density at radius 3 is 2.73 bits per heavy atom. The minimum absolute atomic E-state index is 0.419. The van der Waals surface area contributed by atoms with Crippen LogP contribution in [0.2, 0.25) is 0 Å². The van der Waals surface area contributed by atoms with E-state index in [1.54, 1.807) is 24.3 Å². The Labute approximate surface area is 88.8 Å². The van der Waals surface area contributed by atoms with Gasteiger partial charge in [0.2, 0.25) is 0 Å². The predicted octanol–water partition coefficient (Wildman–Crippen LogP) is 1.96. The van der Waals surface area contributed by atoms with E-state index in [1.165, 1.54) is 0 Å². The Hall–Kier alpha value is -0.830. The quantitative estimate of drug-likeness (QED) is 0.775. The van der Waals surface area contributed by atoms with Crippen LogP contribution in [0.5, 0.6) is 5.75 Å². The first-order chi connectivity index (χ1) is 7.18. The largest absolute Gasteiger partial charge is 0.423 e. The van der Waals surface area contributed by atoms with Crippen molar-refractivity contribution >= 4 is 7.60 Å². The van der Waals surface area contributed by atoms with Crippen molar-refractivity contribution in [1.82, 2.24) is 5.32 Å². The number of rotatable bonds is 3. The first-order valence-corrected chi connectivity index (χ1v) is 6.64. The summed E-state index contributed by atoms with van der Waals surface area (Å²) in [6.45, 7) is 0.785. The molecule has 1 aromatic carbocycles. The summed E-state index contributed by atoms with van der Waals surface area (Å²) in [5, 5.41) is 2.98. The van der Waals surface area contributed by atoms with Gasteiger partial charge in [-0.05, 0) is 31.5 Å². The maximum absolute atomic E-state index is 11.9. The highest BCUT2D eigenvalue weighted by molar-refractivity contribution is 7.54. The molecule has 0 aromatic heterocycles. The predicted molar refractivity (Wildman–Crippen MR) is 57.9 cm³/mol. The lowest BCUT2D eigenvalue weighted by molar-refractivity contribution is 0.360. The molecule has 0 amide bonds. The van der Waals surface area contributed by atoms with E-state index in [-0.39, 0.29) is 0 Å². The third kappa shape index (κ3) is 2.59. The third-order valence-electron chi connectivity index (χ3n) is 2.41. The number of hydrogen-bond donors (Lipinski definition) is 2. The SMILES string of the molecule is O=P(O)(Oc1ccccc1)C1CCCN1. The zero-order valence-corrected chi connectivity index (χ0v) is 9.19. The Kier molecular flexibility index (Phi) is 3.10. The zero-order chi connectivity index (χ0) is 10.7. The molecule has 5 heteroatoms. The fourth-order valence-corrected chi connectivity index (χ4v) is 3.06. The van der Waals surface area contributed by atoms with Crippen LogP contribution >= 0.6 is 7.60 Å². The van der Waals surface area contributed by atoms with Crippen LogP contribution in [0, 0.1) is 0 Å². The zero-order valence-electron chi connectivity index (χ0n) is 8.30. The maximum Gasteiger partial charge on any atom is 0.393 e. The van der Waals surface area contributed by atoms with Crippen molar-refractivity contribution in [3.8, 4) is 5.75 Å². The Bertz CT molecular complexity index is 362. The molecule has 15 heavy (non-hydrogen) atoms. The summed E-state index contributed by atoms with van der Waals surface area (Å²) in [7, 11) is -3.57. The van der Waals surface area contributed by atoms with Crippen LogP contribution in [-0.4, -0.2) is 17.2 Å². The van der Waals surface area contributed by atoms with Gasteiger partial charge in [-0.1, -0.05) is 18.2 Å². The van der Waals surface area contributed by atoms with Gasteiger partial charge in [-0.25, -0.2) is 4.57 Å². The van der Waals surface area contributed by atoms with Gasteiger partial charge in [0.1, 0.15) is 11.5 Å². The molecule has 82 valence electrons. The maximum atomic E-state index is 11.9. The van der Waals surface area contributed by atoms with E-state index >= 15 is 0 Å². The molecule has 2 atom stereocenters. The van der Waals surface area contributed by atoms with E-state index in [9.17, 15) is 9.46 Å². The van der Waals surface area contributed by atoms with Crippen LogP contribution in [0.3, 0.4) is 0 Å². The highest BCUT2D eigenvalue weighted by atomic mass is 31.2. The summed E-state index contributed by atoms with van der Waals surface area (Å²) < 4.78 is 17.0.